The molecule has 2 N–H and O–H groups in total. The third-order valence-corrected chi connectivity index (χ3v) is 4.28. The van der Waals surface area contributed by atoms with Crippen molar-refractivity contribution in [1.82, 2.24) is 10.2 Å². The van der Waals surface area contributed by atoms with Crippen LogP contribution in [0.3, 0.4) is 0 Å². The molecule has 6 nitrogen and oxygen atoms in total. The van der Waals surface area contributed by atoms with Crippen molar-refractivity contribution >= 4 is 0 Å². The number of rotatable bonds is 2. The van der Waals surface area contributed by atoms with Crippen molar-refractivity contribution in [3.63, 3.8) is 0 Å². The van der Waals surface area contributed by atoms with Gasteiger partial charge in [-0.2, -0.15) is 0 Å². The Kier molecular flexibility index (Phi) is 3.89. The lowest BCUT2D eigenvalue weighted by Crippen LogP contribution is -2.59. The highest BCUT2D eigenvalue weighted by molar-refractivity contribution is 4.92. The number of nitro groups is 1. The highest BCUT2D eigenvalue weighted by atomic mass is 16.6. The molecule has 104 valence electrons. The molecule has 0 aromatic rings. The molecule has 18 heavy (non-hydrogen) atoms. The Morgan fingerprint density at radius 2 is 2.17 bits per heavy atom. The Bertz CT molecular complexity index is 314. The van der Waals surface area contributed by atoms with Crippen LogP contribution in [-0.2, 0) is 0 Å². The fraction of sp³-hybridized carbons (Fsp3) is 1.00. The highest BCUT2D eigenvalue weighted by Gasteiger charge is 2.38. The number of hydrogen-bond acceptors (Lipinski definition) is 5. The fourth-order valence-corrected chi connectivity index (χ4v) is 3.09. The summed E-state index contributed by atoms with van der Waals surface area (Å²) >= 11 is 0. The summed E-state index contributed by atoms with van der Waals surface area (Å²) in [6.07, 6.45) is 2.63. The van der Waals surface area contributed by atoms with Crippen LogP contribution in [0.1, 0.15) is 39.5 Å². The second kappa shape index (κ2) is 5.11. The van der Waals surface area contributed by atoms with Gasteiger partial charge in [0.05, 0.1) is 5.60 Å². The van der Waals surface area contributed by atoms with E-state index in [9.17, 15) is 15.2 Å². The summed E-state index contributed by atoms with van der Waals surface area (Å²) in [4.78, 5) is 12.8. The van der Waals surface area contributed by atoms with Gasteiger partial charge in [-0.1, -0.05) is 0 Å². The van der Waals surface area contributed by atoms with Crippen LogP contribution in [0.2, 0.25) is 0 Å². The summed E-state index contributed by atoms with van der Waals surface area (Å²) in [5.74, 6) is 0. The second-order valence-corrected chi connectivity index (χ2v) is 6.00. The molecule has 2 heterocycles. The number of hydrogen-bond donors (Lipinski definition) is 2. The summed E-state index contributed by atoms with van der Waals surface area (Å²) in [6.45, 7) is 5.37. The Balaban J connectivity index is 1.93. The molecule has 0 radical (unpaired) electrons. The van der Waals surface area contributed by atoms with Crippen molar-refractivity contribution in [3.05, 3.63) is 10.1 Å². The zero-order valence-corrected chi connectivity index (χ0v) is 11.1. The zero-order chi connectivity index (χ0) is 13.3. The smallest absolute Gasteiger partial charge is 0.266 e. The van der Waals surface area contributed by atoms with Crippen molar-refractivity contribution < 1.29 is 10.0 Å². The van der Waals surface area contributed by atoms with Crippen molar-refractivity contribution in [1.29, 1.82) is 0 Å². The van der Waals surface area contributed by atoms with Gasteiger partial charge in [-0.25, -0.2) is 0 Å². The average molecular weight is 257 g/mol. The lowest BCUT2D eigenvalue weighted by molar-refractivity contribution is -0.532. The van der Waals surface area contributed by atoms with E-state index in [4.69, 9.17) is 0 Å². The zero-order valence-electron chi connectivity index (χ0n) is 11.1. The van der Waals surface area contributed by atoms with Gasteiger partial charge in [0, 0.05) is 36.5 Å². The standard InChI is InChI=1S/C12H23N3O3/c1-9-5-6-12(2,16)8-14(9)10-3-4-11(13-7-10)15(17)18/h9-11,13,16H,3-8H2,1-2H3. The Morgan fingerprint density at radius 3 is 2.72 bits per heavy atom. The van der Waals surface area contributed by atoms with E-state index in [2.05, 4.69) is 17.1 Å². The number of nitrogens with one attached hydrogen (secondary N) is 1. The summed E-state index contributed by atoms with van der Waals surface area (Å²) in [7, 11) is 0. The van der Waals surface area contributed by atoms with Gasteiger partial charge in [0.15, 0.2) is 0 Å². The Morgan fingerprint density at radius 1 is 1.44 bits per heavy atom. The lowest BCUT2D eigenvalue weighted by atomic mass is 9.88. The SMILES string of the molecule is CC1CCC(C)(O)CN1C1CCC([N+](=O)[O-])NC1. The molecule has 0 amide bonds. The number of β-amino-alcohol motifs (C(OH)–C–C–N with tert-alkyl or cyclic N) is 1. The highest BCUT2D eigenvalue weighted by Crippen LogP contribution is 2.28. The fourth-order valence-electron chi connectivity index (χ4n) is 3.09. The first kappa shape index (κ1) is 13.7. The molecule has 0 saturated carbocycles. The number of piperidine rings is 2. The van der Waals surface area contributed by atoms with Gasteiger partial charge in [-0.15, -0.1) is 0 Å². The van der Waals surface area contributed by atoms with E-state index < -0.39 is 11.8 Å². The van der Waals surface area contributed by atoms with E-state index in [1.54, 1.807) is 0 Å². The summed E-state index contributed by atoms with van der Waals surface area (Å²) in [5, 5.41) is 23.8. The normalized spacial score (nSPS) is 42.7. The van der Waals surface area contributed by atoms with Crippen molar-refractivity contribution in [2.24, 2.45) is 0 Å². The van der Waals surface area contributed by atoms with E-state index >= 15 is 0 Å². The van der Waals surface area contributed by atoms with Crippen molar-refractivity contribution in [2.75, 3.05) is 13.1 Å². The quantitative estimate of drug-likeness (QED) is 0.559. The van der Waals surface area contributed by atoms with Gasteiger partial charge >= 0.3 is 0 Å². The van der Waals surface area contributed by atoms with Crippen molar-refractivity contribution in [2.45, 2.75) is 63.4 Å². The number of nitrogens with zero attached hydrogens (tertiary/aromatic N) is 2. The molecule has 6 heteroatoms. The predicted molar refractivity (Wildman–Crippen MR) is 67.8 cm³/mol. The topological polar surface area (TPSA) is 78.6 Å². The summed E-state index contributed by atoms with van der Waals surface area (Å²) < 4.78 is 0. The molecule has 2 aliphatic rings. The lowest BCUT2D eigenvalue weighted by Gasteiger charge is -2.46. The molecule has 0 bridgehead atoms. The predicted octanol–water partition coefficient (Wildman–Crippen LogP) is 0.577. The van der Waals surface area contributed by atoms with Gasteiger partial charge in [-0.05, 0) is 33.1 Å². The molecular formula is C12H23N3O3. The minimum Gasteiger partial charge on any atom is -0.389 e. The maximum Gasteiger partial charge on any atom is 0.266 e. The molecule has 2 rings (SSSR count). The third-order valence-electron chi connectivity index (χ3n) is 4.28. The molecule has 0 spiro atoms. The Hall–Kier alpha value is -0.720. The van der Waals surface area contributed by atoms with E-state index in [0.29, 0.717) is 31.6 Å². The minimum atomic E-state index is -0.619. The van der Waals surface area contributed by atoms with Crippen LogP contribution in [-0.4, -0.2) is 51.9 Å². The first-order valence-electron chi connectivity index (χ1n) is 6.74. The van der Waals surface area contributed by atoms with Gasteiger partial charge < -0.3 is 5.11 Å². The minimum absolute atomic E-state index is 0.244. The Labute approximate surface area is 107 Å². The van der Waals surface area contributed by atoms with E-state index in [1.807, 2.05) is 6.92 Å². The van der Waals surface area contributed by atoms with Crippen LogP contribution in [0.15, 0.2) is 0 Å². The van der Waals surface area contributed by atoms with Crippen molar-refractivity contribution in [3.8, 4) is 0 Å². The third kappa shape index (κ3) is 2.99. The number of aliphatic hydroxyl groups is 1. The molecule has 2 fully saturated rings. The van der Waals surface area contributed by atoms with Crippen LogP contribution in [0.5, 0.6) is 0 Å². The van der Waals surface area contributed by atoms with E-state index in [-0.39, 0.29) is 4.92 Å². The monoisotopic (exact) mass is 257 g/mol. The van der Waals surface area contributed by atoms with Crippen LogP contribution in [0.25, 0.3) is 0 Å². The average Bonchev–Trinajstić information content (AvgIpc) is 2.32. The molecule has 4 unspecified atom stereocenters. The molecule has 0 aromatic carbocycles. The van der Waals surface area contributed by atoms with Crippen LogP contribution in [0.4, 0.5) is 0 Å². The molecule has 0 aromatic heterocycles. The van der Waals surface area contributed by atoms with Crippen LogP contribution < -0.4 is 5.32 Å². The summed E-state index contributed by atoms with van der Waals surface area (Å²) in [5.41, 5.74) is -0.619. The largest absolute Gasteiger partial charge is 0.389 e. The van der Waals surface area contributed by atoms with Gasteiger partial charge in [0.2, 0.25) is 0 Å². The molecule has 2 aliphatic heterocycles. The van der Waals surface area contributed by atoms with Gasteiger partial charge in [0.25, 0.3) is 6.17 Å². The summed E-state index contributed by atoms with van der Waals surface area (Å²) in [6, 6.07) is 0.757. The number of likely N-dealkylation sites (tertiary alicyclic amines) is 1. The van der Waals surface area contributed by atoms with E-state index in [1.165, 1.54) is 0 Å². The maximum absolute atomic E-state index is 10.7. The molecule has 4 atom stereocenters. The van der Waals surface area contributed by atoms with Crippen LogP contribution in [0, 0.1) is 10.1 Å². The molecular weight excluding hydrogens is 234 g/mol. The van der Waals surface area contributed by atoms with E-state index in [0.717, 1.165) is 19.3 Å². The maximum atomic E-state index is 10.7. The first-order valence-corrected chi connectivity index (χ1v) is 6.74. The first-order chi connectivity index (χ1) is 8.39. The van der Waals surface area contributed by atoms with Gasteiger partial charge in [-0.3, -0.25) is 20.3 Å². The molecule has 0 aliphatic carbocycles. The molecule has 2 saturated heterocycles. The second-order valence-electron chi connectivity index (χ2n) is 6.00. The van der Waals surface area contributed by atoms with Crippen LogP contribution >= 0.6 is 0 Å². The van der Waals surface area contributed by atoms with Gasteiger partial charge in [0.1, 0.15) is 0 Å².